The Hall–Kier alpha value is -0.120. The lowest BCUT2D eigenvalue weighted by Gasteiger charge is -2.25. The molecule has 0 aromatic rings. The Bertz CT molecular complexity index is 173. The molecule has 0 aromatic carbocycles. The first-order valence-corrected chi connectivity index (χ1v) is 6.17. The molecule has 90 valence electrons. The van der Waals surface area contributed by atoms with E-state index in [1.165, 1.54) is 0 Å². The standard InChI is InChI=1S/C12H26N2O/c1-10(2)7-12(13)9-14-5-4-6-15-11(3)8-14/h10-12H,4-9,13H2,1-3H3. The van der Waals surface area contributed by atoms with Gasteiger partial charge in [-0.2, -0.15) is 0 Å². The zero-order valence-electron chi connectivity index (χ0n) is 10.4. The molecule has 1 saturated heterocycles. The van der Waals surface area contributed by atoms with Crippen molar-refractivity contribution < 1.29 is 4.74 Å². The summed E-state index contributed by atoms with van der Waals surface area (Å²) in [5, 5.41) is 0. The molecule has 3 nitrogen and oxygen atoms in total. The number of nitrogens with two attached hydrogens (primary N) is 1. The predicted octanol–water partition coefficient (Wildman–Crippen LogP) is 1.47. The van der Waals surface area contributed by atoms with Gasteiger partial charge in [0.25, 0.3) is 0 Å². The third kappa shape index (κ3) is 5.50. The molecule has 0 saturated carbocycles. The van der Waals surface area contributed by atoms with E-state index < -0.39 is 0 Å². The van der Waals surface area contributed by atoms with Crippen molar-refractivity contribution in [1.29, 1.82) is 0 Å². The van der Waals surface area contributed by atoms with Crippen molar-refractivity contribution in [3.8, 4) is 0 Å². The van der Waals surface area contributed by atoms with Gasteiger partial charge in [-0.15, -0.1) is 0 Å². The summed E-state index contributed by atoms with van der Waals surface area (Å²) in [7, 11) is 0. The third-order valence-electron chi connectivity index (χ3n) is 2.80. The molecule has 3 heteroatoms. The van der Waals surface area contributed by atoms with Crippen LogP contribution in [0.2, 0.25) is 0 Å². The van der Waals surface area contributed by atoms with Gasteiger partial charge in [0.15, 0.2) is 0 Å². The smallest absolute Gasteiger partial charge is 0.0673 e. The summed E-state index contributed by atoms with van der Waals surface area (Å²) in [5.41, 5.74) is 6.12. The SMILES string of the molecule is CC(C)CC(N)CN1CCCOC(C)C1. The lowest BCUT2D eigenvalue weighted by atomic mass is 10.0. The molecule has 0 spiro atoms. The normalized spacial score (nSPS) is 26.6. The van der Waals surface area contributed by atoms with Crippen LogP contribution in [0.5, 0.6) is 0 Å². The molecular weight excluding hydrogens is 188 g/mol. The first-order chi connectivity index (χ1) is 7.08. The van der Waals surface area contributed by atoms with Crippen molar-refractivity contribution in [2.75, 3.05) is 26.2 Å². The fourth-order valence-electron chi connectivity index (χ4n) is 2.26. The second-order valence-corrected chi connectivity index (χ2v) is 5.18. The maximum absolute atomic E-state index is 6.12. The highest BCUT2D eigenvalue weighted by molar-refractivity contribution is 4.73. The molecule has 15 heavy (non-hydrogen) atoms. The van der Waals surface area contributed by atoms with Gasteiger partial charge in [-0.1, -0.05) is 13.8 Å². The first kappa shape index (κ1) is 12.9. The van der Waals surface area contributed by atoms with Crippen LogP contribution in [0.25, 0.3) is 0 Å². The molecule has 0 amide bonds. The van der Waals surface area contributed by atoms with Crippen molar-refractivity contribution in [1.82, 2.24) is 4.90 Å². The van der Waals surface area contributed by atoms with E-state index in [1.807, 2.05) is 0 Å². The molecule has 1 fully saturated rings. The zero-order valence-corrected chi connectivity index (χ0v) is 10.4. The van der Waals surface area contributed by atoms with Crippen LogP contribution in [0.3, 0.4) is 0 Å². The molecule has 1 rings (SSSR count). The van der Waals surface area contributed by atoms with Crippen molar-refractivity contribution in [2.24, 2.45) is 11.7 Å². The fraction of sp³-hybridized carbons (Fsp3) is 1.00. The van der Waals surface area contributed by atoms with E-state index in [4.69, 9.17) is 10.5 Å². The molecule has 1 aliphatic heterocycles. The Labute approximate surface area is 94.0 Å². The molecule has 2 unspecified atom stereocenters. The summed E-state index contributed by atoms with van der Waals surface area (Å²) < 4.78 is 5.61. The van der Waals surface area contributed by atoms with Crippen molar-refractivity contribution in [3.05, 3.63) is 0 Å². The second kappa shape index (κ2) is 6.46. The highest BCUT2D eigenvalue weighted by Crippen LogP contribution is 2.08. The Kier molecular flexibility index (Phi) is 5.58. The monoisotopic (exact) mass is 214 g/mol. The van der Waals surface area contributed by atoms with E-state index in [2.05, 4.69) is 25.7 Å². The van der Waals surface area contributed by atoms with Gasteiger partial charge in [0.2, 0.25) is 0 Å². The van der Waals surface area contributed by atoms with Crippen LogP contribution in [0.4, 0.5) is 0 Å². The molecule has 2 N–H and O–H groups in total. The van der Waals surface area contributed by atoms with Gasteiger partial charge in [0.05, 0.1) is 6.10 Å². The molecule has 1 aliphatic rings. The van der Waals surface area contributed by atoms with Crippen LogP contribution in [-0.2, 0) is 4.74 Å². The van der Waals surface area contributed by atoms with E-state index in [9.17, 15) is 0 Å². The van der Waals surface area contributed by atoms with Crippen LogP contribution < -0.4 is 5.73 Å². The molecule has 1 heterocycles. The highest BCUT2D eigenvalue weighted by atomic mass is 16.5. The van der Waals surface area contributed by atoms with Crippen molar-refractivity contribution in [3.63, 3.8) is 0 Å². The van der Waals surface area contributed by atoms with Crippen LogP contribution in [-0.4, -0.2) is 43.3 Å². The summed E-state index contributed by atoms with van der Waals surface area (Å²) in [4.78, 5) is 2.45. The molecule has 0 aliphatic carbocycles. The van der Waals surface area contributed by atoms with Crippen LogP contribution in [0, 0.1) is 5.92 Å². The lowest BCUT2D eigenvalue weighted by molar-refractivity contribution is 0.0667. The molecule has 0 aromatic heterocycles. The van der Waals surface area contributed by atoms with Crippen LogP contribution >= 0.6 is 0 Å². The zero-order chi connectivity index (χ0) is 11.3. The molecular formula is C12H26N2O. The van der Waals surface area contributed by atoms with Gasteiger partial charge in [-0.3, -0.25) is 4.90 Å². The largest absolute Gasteiger partial charge is 0.377 e. The molecule has 0 bridgehead atoms. The molecule has 0 radical (unpaired) electrons. The topological polar surface area (TPSA) is 38.5 Å². The average Bonchev–Trinajstić information content (AvgIpc) is 2.28. The summed E-state index contributed by atoms with van der Waals surface area (Å²) in [6.45, 7) is 10.7. The van der Waals surface area contributed by atoms with Gasteiger partial charge in [0.1, 0.15) is 0 Å². The second-order valence-electron chi connectivity index (χ2n) is 5.18. The number of rotatable bonds is 4. The van der Waals surface area contributed by atoms with Crippen molar-refractivity contribution in [2.45, 2.75) is 45.8 Å². The fourth-order valence-corrected chi connectivity index (χ4v) is 2.26. The van der Waals surface area contributed by atoms with E-state index >= 15 is 0 Å². The Morgan fingerprint density at radius 1 is 1.47 bits per heavy atom. The van der Waals surface area contributed by atoms with Gasteiger partial charge >= 0.3 is 0 Å². The maximum atomic E-state index is 6.12. The van der Waals surface area contributed by atoms with Crippen LogP contribution in [0.15, 0.2) is 0 Å². The lowest BCUT2D eigenvalue weighted by Crippen LogP contribution is -2.40. The summed E-state index contributed by atoms with van der Waals surface area (Å²) in [6, 6.07) is 0.315. The number of ether oxygens (including phenoxy) is 1. The maximum Gasteiger partial charge on any atom is 0.0673 e. The van der Waals surface area contributed by atoms with E-state index in [0.717, 1.165) is 39.1 Å². The molecule has 2 atom stereocenters. The van der Waals surface area contributed by atoms with Gasteiger partial charge < -0.3 is 10.5 Å². The van der Waals surface area contributed by atoms with Gasteiger partial charge in [-0.25, -0.2) is 0 Å². The van der Waals surface area contributed by atoms with Gasteiger partial charge in [0, 0.05) is 32.3 Å². The van der Waals surface area contributed by atoms with E-state index in [1.54, 1.807) is 0 Å². The Morgan fingerprint density at radius 3 is 2.87 bits per heavy atom. The van der Waals surface area contributed by atoms with E-state index in [0.29, 0.717) is 18.1 Å². The highest BCUT2D eigenvalue weighted by Gasteiger charge is 2.17. The minimum absolute atomic E-state index is 0.315. The summed E-state index contributed by atoms with van der Waals surface area (Å²) >= 11 is 0. The minimum atomic E-state index is 0.315. The number of nitrogens with zero attached hydrogens (tertiary/aromatic N) is 1. The van der Waals surface area contributed by atoms with Crippen LogP contribution in [0.1, 0.15) is 33.6 Å². The number of hydrogen-bond acceptors (Lipinski definition) is 3. The predicted molar refractivity (Wildman–Crippen MR) is 63.9 cm³/mol. The number of hydrogen-bond donors (Lipinski definition) is 1. The van der Waals surface area contributed by atoms with Gasteiger partial charge in [-0.05, 0) is 25.7 Å². The summed E-state index contributed by atoms with van der Waals surface area (Å²) in [6.07, 6.45) is 2.61. The van der Waals surface area contributed by atoms with E-state index in [-0.39, 0.29) is 0 Å². The minimum Gasteiger partial charge on any atom is -0.377 e. The quantitative estimate of drug-likeness (QED) is 0.770. The summed E-state index contributed by atoms with van der Waals surface area (Å²) in [5.74, 6) is 0.695. The average molecular weight is 214 g/mol. The Balaban J connectivity index is 2.29. The first-order valence-electron chi connectivity index (χ1n) is 6.17. The Morgan fingerprint density at radius 2 is 2.20 bits per heavy atom. The van der Waals surface area contributed by atoms with Crippen molar-refractivity contribution >= 4 is 0 Å². The third-order valence-corrected chi connectivity index (χ3v) is 2.80.